The van der Waals surface area contributed by atoms with Crippen LogP contribution in [-0.2, 0) is 6.42 Å². The predicted octanol–water partition coefficient (Wildman–Crippen LogP) is 6.72. The van der Waals surface area contributed by atoms with Crippen molar-refractivity contribution in [2.75, 3.05) is 17.2 Å². The van der Waals surface area contributed by atoms with Crippen LogP contribution in [0.3, 0.4) is 0 Å². The zero-order valence-corrected chi connectivity index (χ0v) is 25.8. The first-order valence-electron chi connectivity index (χ1n) is 14.4. The number of ether oxygens (including phenoxy) is 1. The molecule has 5 rings (SSSR count). The molecule has 1 aromatic heterocycles. The van der Waals surface area contributed by atoms with E-state index in [0.29, 0.717) is 29.0 Å². The highest BCUT2D eigenvalue weighted by Crippen LogP contribution is 2.35. The topological polar surface area (TPSA) is 105 Å². The lowest BCUT2D eigenvalue weighted by atomic mass is 10.0. The number of hydrogen-bond acceptors (Lipinski definition) is 6. The number of carbonyl (C=O) groups is 1. The fourth-order valence-electron chi connectivity index (χ4n) is 5.22. The average molecular weight is 639 g/mol. The molecule has 2 heterocycles. The summed E-state index contributed by atoms with van der Waals surface area (Å²) in [6.07, 6.45) is -1.55. The minimum Gasteiger partial charge on any atom is -0.406 e. The second kappa shape index (κ2) is 13.7. The molecule has 0 aliphatic carbocycles. The van der Waals surface area contributed by atoms with Crippen molar-refractivity contribution in [1.82, 2.24) is 20.1 Å². The number of aryl methyl sites for hydroxylation is 4. The van der Waals surface area contributed by atoms with E-state index in [-0.39, 0.29) is 5.75 Å². The normalized spacial score (nSPS) is 15.9. The number of aromatic nitrogens is 3. The zero-order chi connectivity index (χ0) is 32.1. The summed E-state index contributed by atoms with van der Waals surface area (Å²) in [7, 11) is 0. The largest absolute Gasteiger partial charge is 0.573 e. The molecular formula is C32H33F3N6O3S. The van der Waals surface area contributed by atoms with Crippen LogP contribution in [0.5, 0.6) is 5.75 Å². The zero-order valence-electron chi connectivity index (χ0n) is 25.0. The van der Waals surface area contributed by atoms with E-state index in [2.05, 4.69) is 37.3 Å². The van der Waals surface area contributed by atoms with Gasteiger partial charge in [0.2, 0.25) is 0 Å². The molecule has 1 aliphatic rings. The fraction of sp³-hybridized carbons (Fsp3) is 0.312. The van der Waals surface area contributed by atoms with Gasteiger partial charge in [-0.15, -0.1) is 18.3 Å². The van der Waals surface area contributed by atoms with Gasteiger partial charge in [-0.05, 0) is 81.0 Å². The summed E-state index contributed by atoms with van der Waals surface area (Å²) in [6.45, 7) is 6.50. The van der Waals surface area contributed by atoms with Crippen molar-refractivity contribution in [1.29, 1.82) is 0 Å². The van der Waals surface area contributed by atoms with Crippen LogP contribution in [0.4, 0.5) is 23.7 Å². The van der Waals surface area contributed by atoms with Gasteiger partial charge in [-0.2, -0.15) is 4.99 Å². The van der Waals surface area contributed by atoms with Gasteiger partial charge in [0.05, 0.1) is 11.4 Å². The summed E-state index contributed by atoms with van der Waals surface area (Å²) < 4.78 is 42.6. The number of nitrogens with zero attached hydrogens (tertiary/aromatic N) is 5. The lowest BCUT2D eigenvalue weighted by Crippen LogP contribution is -2.36. The molecule has 45 heavy (non-hydrogen) atoms. The summed E-state index contributed by atoms with van der Waals surface area (Å²) in [5, 5.41) is 18.4. The Morgan fingerprint density at radius 1 is 1.07 bits per heavy atom. The molecule has 1 saturated heterocycles. The van der Waals surface area contributed by atoms with Crippen LogP contribution in [0.1, 0.15) is 35.1 Å². The van der Waals surface area contributed by atoms with Gasteiger partial charge in [-0.3, -0.25) is 4.90 Å². The second-order valence-electron chi connectivity index (χ2n) is 10.7. The lowest BCUT2D eigenvalue weighted by molar-refractivity contribution is -0.274. The van der Waals surface area contributed by atoms with E-state index in [4.69, 9.17) is 0 Å². The van der Waals surface area contributed by atoms with Gasteiger partial charge in [-0.1, -0.05) is 53.7 Å². The van der Waals surface area contributed by atoms with Crippen LogP contribution < -0.4 is 15.0 Å². The van der Waals surface area contributed by atoms with Gasteiger partial charge in [0.25, 0.3) is 0 Å². The van der Waals surface area contributed by atoms with E-state index in [1.807, 2.05) is 45.0 Å². The molecular weight excluding hydrogens is 605 g/mol. The molecule has 1 atom stereocenters. The number of urea groups is 1. The minimum atomic E-state index is -4.75. The van der Waals surface area contributed by atoms with E-state index in [9.17, 15) is 23.1 Å². The molecule has 3 aromatic carbocycles. The van der Waals surface area contributed by atoms with Gasteiger partial charge in [-0.25, -0.2) is 14.5 Å². The Balaban J connectivity index is 1.09. The van der Waals surface area contributed by atoms with Crippen LogP contribution in [0, 0.1) is 20.8 Å². The number of nitrogens with one attached hydrogen (secondary N) is 1. The minimum absolute atomic E-state index is 0.308. The molecule has 1 unspecified atom stereocenters. The number of benzene rings is 3. The van der Waals surface area contributed by atoms with Crippen LogP contribution in [0.25, 0.3) is 17.1 Å². The number of amidine groups is 1. The summed E-state index contributed by atoms with van der Waals surface area (Å²) >= 11 is 1.36. The van der Waals surface area contributed by atoms with Crippen molar-refractivity contribution in [3.8, 4) is 22.8 Å². The summed E-state index contributed by atoms with van der Waals surface area (Å²) in [4.78, 5) is 22.9. The SMILES string of the molecule is Cc1cc(C)c(N2/C(=N/C(=O)NCCCCc3ccc(-c4ncn(-c5ccc(OC(F)(F)F)cc5)n4)cc3)SCC2O)c(C)c1. The standard InChI is InChI=1S/C32H33F3N6O3S/c1-20-16-21(2)28(22(3)17-20)41-27(42)18-45-31(41)38-30(43)36-15-5-4-6-23-7-9-24(10-8-23)29-37-19-40(39-29)25-11-13-26(14-12-25)44-32(33,34)35/h7-14,16-17,19,27,42H,4-6,15,18H2,1-3H3,(H,36,43)/b38-31-. The van der Waals surface area contributed by atoms with Gasteiger partial charge < -0.3 is 15.2 Å². The first-order chi connectivity index (χ1) is 21.5. The van der Waals surface area contributed by atoms with Crippen molar-refractivity contribution >= 4 is 28.6 Å². The fourth-order valence-corrected chi connectivity index (χ4v) is 6.17. The van der Waals surface area contributed by atoms with Gasteiger partial charge in [0, 0.05) is 17.9 Å². The molecule has 0 bridgehead atoms. The maximum absolute atomic E-state index is 12.6. The van der Waals surface area contributed by atoms with Crippen molar-refractivity contribution < 1.29 is 27.8 Å². The van der Waals surface area contributed by atoms with Gasteiger partial charge >= 0.3 is 12.4 Å². The van der Waals surface area contributed by atoms with E-state index in [1.54, 1.807) is 4.90 Å². The Morgan fingerprint density at radius 2 is 1.76 bits per heavy atom. The number of aliphatic hydroxyl groups excluding tert-OH is 1. The Kier molecular flexibility index (Phi) is 9.78. The van der Waals surface area contributed by atoms with E-state index >= 15 is 0 Å². The third-order valence-corrected chi connectivity index (χ3v) is 8.16. The van der Waals surface area contributed by atoms with Crippen LogP contribution in [0.2, 0.25) is 0 Å². The quantitative estimate of drug-likeness (QED) is 0.196. The Bertz CT molecular complexity index is 1650. The number of hydrogen-bond donors (Lipinski definition) is 2. The molecule has 9 nitrogen and oxygen atoms in total. The van der Waals surface area contributed by atoms with Gasteiger partial charge in [0.1, 0.15) is 18.3 Å². The molecule has 13 heteroatoms. The number of alkyl halides is 3. The number of anilines is 1. The van der Waals surface area contributed by atoms with E-state index < -0.39 is 18.6 Å². The van der Waals surface area contributed by atoms with Crippen LogP contribution >= 0.6 is 11.8 Å². The number of aliphatic hydroxyl groups is 1. The molecule has 0 radical (unpaired) electrons. The summed E-state index contributed by atoms with van der Waals surface area (Å²) in [6, 6.07) is 16.9. The number of amides is 2. The maximum atomic E-state index is 12.6. The molecule has 0 spiro atoms. The highest BCUT2D eigenvalue weighted by molar-refractivity contribution is 8.14. The van der Waals surface area contributed by atoms with Crippen LogP contribution in [0.15, 0.2) is 72.0 Å². The average Bonchev–Trinajstić information content (AvgIpc) is 3.60. The molecule has 1 aliphatic heterocycles. The van der Waals surface area contributed by atoms with Crippen molar-refractivity contribution in [3.63, 3.8) is 0 Å². The first kappa shape index (κ1) is 32.0. The molecule has 1 fully saturated rings. The monoisotopic (exact) mass is 638 g/mol. The molecule has 2 N–H and O–H groups in total. The third kappa shape index (κ3) is 8.22. The molecule has 236 valence electrons. The van der Waals surface area contributed by atoms with E-state index in [1.165, 1.54) is 47.0 Å². The number of rotatable bonds is 9. The Hall–Kier alpha value is -4.36. The second-order valence-corrected chi connectivity index (χ2v) is 11.7. The molecule has 4 aromatic rings. The van der Waals surface area contributed by atoms with E-state index in [0.717, 1.165) is 52.8 Å². The number of aliphatic imine (C=N–C) groups is 1. The van der Waals surface area contributed by atoms with Crippen molar-refractivity contribution in [2.24, 2.45) is 4.99 Å². The Morgan fingerprint density at radius 3 is 2.42 bits per heavy atom. The highest BCUT2D eigenvalue weighted by Gasteiger charge is 2.33. The summed E-state index contributed by atoms with van der Waals surface area (Å²) in [5.74, 6) is 0.617. The third-order valence-electron chi connectivity index (χ3n) is 7.15. The highest BCUT2D eigenvalue weighted by atomic mass is 32.2. The van der Waals surface area contributed by atoms with Crippen molar-refractivity contribution in [3.05, 3.63) is 89.2 Å². The molecule has 0 saturated carbocycles. The number of halogens is 3. The number of thioether (sulfide) groups is 1. The number of unbranched alkanes of at least 4 members (excludes halogenated alkanes) is 1. The van der Waals surface area contributed by atoms with Crippen LogP contribution in [-0.4, -0.2) is 56.0 Å². The molecule has 2 amide bonds. The summed E-state index contributed by atoms with van der Waals surface area (Å²) in [5.41, 5.74) is 6.54. The lowest BCUT2D eigenvalue weighted by Gasteiger charge is -2.26. The van der Waals surface area contributed by atoms with Gasteiger partial charge in [0.15, 0.2) is 11.0 Å². The number of carbonyl (C=O) groups excluding carboxylic acids is 1. The predicted molar refractivity (Wildman–Crippen MR) is 169 cm³/mol. The smallest absolute Gasteiger partial charge is 0.406 e. The van der Waals surface area contributed by atoms with Crippen molar-refractivity contribution in [2.45, 2.75) is 52.6 Å². The maximum Gasteiger partial charge on any atom is 0.573 e. The Labute approximate surface area is 263 Å². The first-order valence-corrected chi connectivity index (χ1v) is 15.4.